The lowest BCUT2D eigenvalue weighted by Gasteiger charge is -2.06. The third-order valence-electron chi connectivity index (χ3n) is 3.20. The van der Waals surface area contributed by atoms with Crippen LogP contribution in [-0.4, -0.2) is 5.16 Å². The van der Waals surface area contributed by atoms with E-state index in [1.165, 1.54) is 0 Å². The van der Waals surface area contributed by atoms with Gasteiger partial charge in [0.25, 0.3) is 0 Å². The molecule has 3 rings (SSSR count). The van der Waals surface area contributed by atoms with E-state index in [1.54, 1.807) is 0 Å². The molecule has 0 amide bonds. The highest BCUT2D eigenvalue weighted by molar-refractivity contribution is 9.11. The summed E-state index contributed by atoms with van der Waals surface area (Å²) in [5.41, 5.74) is 9.91. The standard InChI is InChI=1S/C16H12Br2N2O/c1-9-3-2-4-10(7-9)14-15(21-20-16(14)19)12-6-5-11(17)8-13(12)18/h2-8H,1H3,(H2,19,20). The highest BCUT2D eigenvalue weighted by atomic mass is 79.9. The van der Waals surface area contributed by atoms with Crippen LogP contribution in [0.2, 0.25) is 0 Å². The number of nitrogens with two attached hydrogens (primary N) is 1. The van der Waals surface area contributed by atoms with Crippen molar-refractivity contribution in [3.8, 4) is 22.5 Å². The zero-order chi connectivity index (χ0) is 15.0. The summed E-state index contributed by atoms with van der Waals surface area (Å²) >= 11 is 7.00. The fraction of sp³-hybridized carbons (Fsp3) is 0.0625. The fourth-order valence-electron chi connectivity index (χ4n) is 2.24. The molecule has 0 saturated carbocycles. The maximum absolute atomic E-state index is 6.01. The first-order valence-electron chi connectivity index (χ1n) is 6.34. The molecule has 2 N–H and O–H groups in total. The predicted octanol–water partition coefficient (Wildman–Crippen LogP) is 5.42. The van der Waals surface area contributed by atoms with Crippen molar-refractivity contribution in [2.24, 2.45) is 0 Å². The average molecular weight is 408 g/mol. The van der Waals surface area contributed by atoms with Crippen molar-refractivity contribution in [3.63, 3.8) is 0 Å². The zero-order valence-electron chi connectivity index (χ0n) is 11.2. The number of nitrogen functional groups attached to an aromatic ring is 1. The topological polar surface area (TPSA) is 52.0 Å². The Morgan fingerprint density at radius 3 is 2.62 bits per heavy atom. The lowest BCUT2D eigenvalue weighted by atomic mass is 10.00. The monoisotopic (exact) mass is 406 g/mol. The molecule has 0 fully saturated rings. The van der Waals surface area contributed by atoms with Gasteiger partial charge in [-0.15, -0.1) is 0 Å². The Morgan fingerprint density at radius 2 is 1.90 bits per heavy atom. The van der Waals surface area contributed by atoms with E-state index in [-0.39, 0.29) is 0 Å². The summed E-state index contributed by atoms with van der Waals surface area (Å²) in [6.45, 7) is 2.04. The van der Waals surface area contributed by atoms with Gasteiger partial charge in [-0.3, -0.25) is 0 Å². The van der Waals surface area contributed by atoms with Crippen LogP contribution in [-0.2, 0) is 0 Å². The molecule has 0 bridgehead atoms. The van der Waals surface area contributed by atoms with Crippen LogP contribution < -0.4 is 5.73 Å². The minimum absolute atomic E-state index is 0.394. The highest BCUT2D eigenvalue weighted by Crippen LogP contribution is 2.40. The first kappa shape index (κ1) is 14.4. The summed E-state index contributed by atoms with van der Waals surface area (Å²) in [6, 6.07) is 14.0. The van der Waals surface area contributed by atoms with Gasteiger partial charge in [-0.25, -0.2) is 0 Å². The van der Waals surface area contributed by atoms with Crippen LogP contribution in [0, 0.1) is 6.92 Å². The Labute approximate surface area is 139 Å². The molecule has 5 heteroatoms. The van der Waals surface area contributed by atoms with E-state index in [1.807, 2.05) is 43.3 Å². The number of rotatable bonds is 2. The summed E-state index contributed by atoms with van der Waals surface area (Å²) in [5.74, 6) is 1.06. The second kappa shape index (κ2) is 5.66. The molecule has 2 aromatic carbocycles. The average Bonchev–Trinajstić information content (AvgIpc) is 2.80. The largest absolute Gasteiger partial charge is 0.380 e. The molecule has 0 aliphatic heterocycles. The Morgan fingerprint density at radius 1 is 1.10 bits per heavy atom. The van der Waals surface area contributed by atoms with Crippen LogP contribution in [0.4, 0.5) is 5.82 Å². The van der Waals surface area contributed by atoms with Gasteiger partial charge in [0, 0.05) is 14.5 Å². The van der Waals surface area contributed by atoms with E-state index in [2.05, 4.69) is 43.1 Å². The number of aromatic nitrogens is 1. The molecule has 3 aromatic rings. The molecule has 0 aliphatic rings. The number of hydrogen-bond donors (Lipinski definition) is 1. The Kier molecular flexibility index (Phi) is 3.87. The second-order valence-corrected chi connectivity index (χ2v) is 6.54. The van der Waals surface area contributed by atoms with Gasteiger partial charge >= 0.3 is 0 Å². The summed E-state index contributed by atoms with van der Waals surface area (Å²) in [5, 5.41) is 3.93. The van der Waals surface area contributed by atoms with Crippen LogP contribution in [0.3, 0.4) is 0 Å². The Bertz CT molecular complexity index is 812. The molecule has 21 heavy (non-hydrogen) atoms. The predicted molar refractivity (Wildman–Crippen MR) is 91.9 cm³/mol. The number of anilines is 1. The molecule has 0 radical (unpaired) electrons. The van der Waals surface area contributed by atoms with E-state index in [0.717, 1.165) is 31.2 Å². The van der Waals surface area contributed by atoms with Crippen molar-refractivity contribution < 1.29 is 4.52 Å². The molecule has 0 atom stereocenters. The van der Waals surface area contributed by atoms with Gasteiger partial charge in [0.2, 0.25) is 0 Å². The first-order chi connectivity index (χ1) is 10.1. The third kappa shape index (κ3) is 2.76. The molecule has 3 nitrogen and oxygen atoms in total. The fourth-order valence-corrected chi connectivity index (χ4v) is 3.47. The van der Waals surface area contributed by atoms with Gasteiger partial charge in [-0.2, -0.15) is 0 Å². The number of halogens is 2. The van der Waals surface area contributed by atoms with Gasteiger partial charge in [-0.1, -0.05) is 50.9 Å². The number of aryl methyl sites for hydroxylation is 1. The lowest BCUT2D eigenvalue weighted by molar-refractivity contribution is 0.436. The lowest BCUT2D eigenvalue weighted by Crippen LogP contribution is -1.89. The SMILES string of the molecule is Cc1cccc(-c2c(N)noc2-c2ccc(Br)cc2Br)c1. The molecule has 1 heterocycles. The quantitative estimate of drug-likeness (QED) is 0.616. The van der Waals surface area contributed by atoms with Gasteiger partial charge in [0.05, 0.1) is 5.56 Å². The normalized spacial score (nSPS) is 10.8. The minimum atomic E-state index is 0.394. The van der Waals surface area contributed by atoms with Crippen molar-refractivity contribution in [3.05, 3.63) is 57.0 Å². The van der Waals surface area contributed by atoms with Gasteiger partial charge in [0.15, 0.2) is 11.6 Å². The van der Waals surface area contributed by atoms with Crippen molar-refractivity contribution in [1.29, 1.82) is 0 Å². The van der Waals surface area contributed by atoms with Gasteiger partial charge in [0.1, 0.15) is 0 Å². The van der Waals surface area contributed by atoms with E-state index in [9.17, 15) is 0 Å². The molecule has 106 valence electrons. The van der Waals surface area contributed by atoms with E-state index in [0.29, 0.717) is 11.6 Å². The van der Waals surface area contributed by atoms with Gasteiger partial charge < -0.3 is 10.3 Å². The maximum atomic E-state index is 6.01. The van der Waals surface area contributed by atoms with Crippen LogP contribution in [0.5, 0.6) is 0 Å². The number of nitrogens with zero attached hydrogens (tertiary/aromatic N) is 1. The number of hydrogen-bond acceptors (Lipinski definition) is 3. The van der Waals surface area contributed by atoms with E-state index >= 15 is 0 Å². The van der Waals surface area contributed by atoms with Crippen molar-refractivity contribution in [1.82, 2.24) is 5.16 Å². The molecular formula is C16H12Br2N2O. The summed E-state index contributed by atoms with van der Waals surface area (Å²) in [7, 11) is 0. The highest BCUT2D eigenvalue weighted by Gasteiger charge is 2.19. The first-order valence-corrected chi connectivity index (χ1v) is 7.92. The smallest absolute Gasteiger partial charge is 0.178 e. The molecular weight excluding hydrogens is 396 g/mol. The zero-order valence-corrected chi connectivity index (χ0v) is 14.4. The summed E-state index contributed by atoms with van der Waals surface area (Å²) in [4.78, 5) is 0. The molecule has 0 unspecified atom stereocenters. The number of benzene rings is 2. The third-order valence-corrected chi connectivity index (χ3v) is 4.35. The Balaban J connectivity index is 2.22. The van der Waals surface area contributed by atoms with Crippen LogP contribution in [0.25, 0.3) is 22.5 Å². The van der Waals surface area contributed by atoms with Crippen LogP contribution >= 0.6 is 31.9 Å². The summed E-state index contributed by atoms with van der Waals surface area (Å²) < 4.78 is 7.38. The van der Waals surface area contributed by atoms with Crippen LogP contribution in [0.1, 0.15) is 5.56 Å². The molecule has 1 aromatic heterocycles. The summed E-state index contributed by atoms with van der Waals surface area (Å²) in [6.07, 6.45) is 0. The molecule has 0 saturated heterocycles. The Hall–Kier alpha value is -1.59. The van der Waals surface area contributed by atoms with E-state index in [4.69, 9.17) is 10.3 Å². The molecule has 0 spiro atoms. The molecule has 0 aliphatic carbocycles. The van der Waals surface area contributed by atoms with Gasteiger partial charge in [-0.05, 0) is 46.6 Å². The van der Waals surface area contributed by atoms with Crippen molar-refractivity contribution in [2.75, 3.05) is 5.73 Å². The second-order valence-electron chi connectivity index (χ2n) is 4.77. The minimum Gasteiger partial charge on any atom is -0.380 e. The van der Waals surface area contributed by atoms with Crippen LogP contribution in [0.15, 0.2) is 55.9 Å². The van der Waals surface area contributed by atoms with E-state index < -0.39 is 0 Å². The van der Waals surface area contributed by atoms with Crippen molar-refractivity contribution >= 4 is 37.7 Å². The van der Waals surface area contributed by atoms with Crippen molar-refractivity contribution in [2.45, 2.75) is 6.92 Å². The maximum Gasteiger partial charge on any atom is 0.178 e.